The van der Waals surface area contributed by atoms with Gasteiger partial charge in [-0.05, 0) is 12.8 Å². The summed E-state index contributed by atoms with van der Waals surface area (Å²) < 4.78 is 0. The first kappa shape index (κ1) is 12.7. The number of hydrogen-bond donors (Lipinski definition) is 0. The molecular weight excluding hydrogens is 180 g/mol. The number of nitrogens with zero attached hydrogens (tertiary/aromatic N) is 2. The summed E-state index contributed by atoms with van der Waals surface area (Å²) in [6.45, 7) is 1.53. The first-order valence-corrected chi connectivity index (χ1v) is 4.20. The van der Waals surface area contributed by atoms with E-state index in [1.165, 1.54) is 0 Å². The zero-order valence-electron chi connectivity index (χ0n) is 7.66. The van der Waals surface area contributed by atoms with Gasteiger partial charge in [0, 0.05) is 0 Å². The third-order valence-corrected chi connectivity index (χ3v) is 1.67. The Morgan fingerprint density at radius 2 is 1.23 bits per heavy atom. The van der Waals surface area contributed by atoms with E-state index in [9.17, 15) is 9.59 Å². The molecule has 0 N–H and O–H groups in total. The Bertz CT molecular complexity index is 149. The van der Waals surface area contributed by atoms with Crippen LogP contribution in [-0.2, 0) is 9.59 Å². The molecule has 4 nitrogen and oxygen atoms in total. The number of rotatable bonds is 0. The predicted octanol–water partition coefficient (Wildman–Crippen LogP) is 0.980. The van der Waals surface area contributed by atoms with Crippen molar-refractivity contribution in [1.29, 1.82) is 0 Å². The Kier molecular flexibility index (Phi) is 6.98. The quantitative estimate of drug-likeness (QED) is 0.537. The summed E-state index contributed by atoms with van der Waals surface area (Å²) in [7, 11) is 0. The van der Waals surface area contributed by atoms with Gasteiger partial charge in [0.2, 0.25) is 0 Å². The largest absolute Gasteiger partial charge is 2.00 e. The van der Waals surface area contributed by atoms with Gasteiger partial charge in [-0.2, -0.15) is 0 Å². The van der Waals surface area contributed by atoms with Crippen LogP contribution in [0.2, 0.25) is 0 Å². The molecule has 5 heteroatoms. The monoisotopic (exact) mass is 192 g/mol. The first-order chi connectivity index (χ1) is 5.79. The minimum absolute atomic E-state index is 0. The molecule has 0 spiro atoms. The summed E-state index contributed by atoms with van der Waals surface area (Å²) in [5.74, 6) is 0.157. The minimum Gasteiger partial charge on any atom is -0.653 e. The van der Waals surface area contributed by atoms with Gasteiger partial charge in [-0.3, -0.25) is 0 Å². The second-order valence-electron chi connectivity index (χ2n) is 2.76. The van der Waals surface area contributed by atoms with Crippen molar-refractivity contribution in [3.63, 3.8) is 0 Å². The van der Waals surface area contributed by atoms with Crippen LogP contribution in [0.1, 0.15) is 25.7 Å². The molecule has 13 heavy (non-hydrogen) atoms. The summed E-state index contributed by atoms with van der Waals surface area (Å²) >= 11 is 0. The third kappa shape index (κ3) is 5.87. The Morgan fingerprint density at radius 3 is 1.31 bits per heavy atom. The Morgan fingerprint density at radius 1 is 0.846 bits per heavy atom. The zero-order valence-corrected chi connectivity index (χ0v) is 9.07. The summed E-state index contributed by atoms with van der Waals surface area (Å²) in [5, 5.41) is 7.19. The molecule has 0 atom stereocenters. The maximum absolute atomic E-state index is 10.1. The molecule has 2 amide bonds. The molecule has 0 unspecified atom stereocenters. The molecule has 2 aliphatic rings. The van der Waals surface area contributed by atoms with E-state index < -0.39 is 0 Å². The van der Waals surface area contributed by atoms with Crippen LogP contribution in [0.4, 0.5) is 0 Å². The third-order valence-electron chi connectivity index (χ3n) is 1.67. The fraction of sp³-hybridized carbons (Fsp3) is 0.750. The molecule has 0 aromatic carbocycles. The predicted molar refractivity (Wildman–Crippen MR) is 50.7 cm³/mol. The van der Waals surface area contributed by atoms with E-state index in [1.54, 1.807) is 0 Å². The molecule has 2 rings (SSSR count). The average molecular weight is 193 g/mol. The minimum atomic E-state index is 0. The number of amides is 2. The zero-order chi connectivity index (χ0) is 8.81. The van der Waals surface area contributed by atoms with E-state index in [1.807, 2.05) is 0 Å². The number of hydrogen-bond acceptors (Lipinski definition) is 2. The second-order valence-corrected chi connectivity index (χ2v) is 2.76. The fourth-order valence-electron chi connectivity index (χ4n) is 1.03. The standard InChI is InChI=1S/2C4H7NO.Mg/c2*6-4-2-1-3-5-4;/h2*1-3H2,(H,5,6);/q;;+2/p-2. The molecule has 2 heterocycles. The van der Waals surface area contributed by atoms with Crippen molar-refractivity contribution in [1.82, 2.24) is 0 Å². The van der Waals surface area contributed by atoms with Crippen molar-refractivity contribution in [2.75, 3.05) is 13.1 Å². The maximum Gasteiger partial charge on any atom is 2.00 e. The van der Waals surface area contributed by atoms with Gasteiger partial charge in [-0.15, -0.1) is 13.1 Å². The Balaban J connectivity index is 0.000000206. The van der Waals surface area contributed by atoms with Crippen LogP contribution in [0.5, 0.6) is 0 Å². The normalized spacial score (nSPS) is 19.4. The summed E-state index contributed by atoms with van der Waals surface area (Å²) in [6.07, 6.45) is 3.30. The molecule has 2 fully saturated rings. The van der Waals surface area contributed by atoms with E-state index in [0.29, 0.717) is 12.8 Å². The molecule has 0 radical (unpaired) electrons. The van der Waals surface area contributed by atoms with Gasteiger partial charge >= 0.3 is 23.1 Å². The molecule has 68 valence electrons. The van der Waals surface area contributed by atoms with Crippen molar-refractivity contribution < 1.29 is 9.59 Å². The van der Waals surface area contributed by atoms with Crippen LogP contribution < -0.4 is 0 Å². The van der Waals surface area contributed by atoms with Gasteiger partial charge in [0.1, 0.15) is 0 Å². The molecule has 0 aromatic rings. The van der Waals surface area contributed by atoms with Gasteiger partial charge in [0.05, 0.1) is 11.8 Å². The molecule has 0 aromatic heterocycles. The van der Waals surface area contributed by atoms with Crippen LogP contribution in [-0.4, -0.2) is 48.0 Å². The van der Waals surface area contributed by atoms with Crippen molar-refractivity contribution in [2.24, 2.45) is 0 Å². The van der Waals surface area contributed by atoms with Gasteiger partial charge < -0.3 is 20.2 Å². The van der Waals surface area contributed by atoms with Crippen molar-refractivity contribution >= 4 is 34.9 Å². The molecule has 0 saturated carbocycles. The van der Waals surface area contributed by atoms with Gasteiger partial charge in [0.15, 0.2) is 0 Å². The topological polar surface area (TPSA) is 62.3 Å². The van der Waals surface area contributed by atoms with Crippen LogP contribution in [0.15, 0.2) is 0 Å². The van der Waals surface area contributed by atoms with Crippen LogP contribution in [0, 0.1) is 0 Å². The van der Waals surface area contributed by atoms with E-state index in [2.05, 4.69) is 10.6 Å². The fourth-order valence-corrected chi connectivity index (χ4v) is 1.03. The average Bonchev–Trinajstić information content (AvgIpc) is 2.63. The Labute approximate surface area is 94.0 Å². The van der Waals surface area contributed by atoms with Crippen LogP contribution in [0.3, 0.4) is 0 Å². The van der Waals surface area contributed by atoms with Crippen LogP contribution >= 0.6 is 0 Å². The van der Waals surface area contributed by atoms with E-state index >= 15 is 0 Å². The summed E-state index contributed by atoms with van der Waals surface area (Å²) in [5.41, 5.74) is 0. The van der Waals surface area contributed by atoms with Crippen molar-refractivity contribution in [3.05, 3.63) is 10.6 Å². The summed E-state index contributed by atoms with van der Waals surface area (Å²) in [6, 6.07) is 0. The molecule has 0 aliphatic carbocycles. The van der Waals surface area contributed by atoms with Crippen molar-refractivity contribution in [3.8, 4) is 0 Å². The molecule has 2 saturated heterocycles. The van der Waals surface area contributed by atoms with E-state index in [0.717, 1.165) is 25.9 Å². The smallest absolute Gasteiger partial charge is 0.653 e. The van der Waals surface area contributed by atoms with Gasteiger partial charge in [0.25, 0.3) is 0 Å². The maximum atomic E-state index is 10.1. The van der Waals surface area contributed by atoms with Crippen LogP contribution in [0.25, 0.3) is 10.6 Å². The molecule has 2 aliphatic heterocycles. The summed E-state index contributed by atoms with van der Waals surface area (Å²) in [4.78, 5) is 20.2. The van der Waals surface area contributed by atoms with Crippen molar-refractivity contribution in [2.45, 2.75) is 25.7 Å². The molecular formula is C8H12MgN2O2. The van der Waals surface area contributed by atoms with E-state index in [4.69, 9.17) is 0 Å². The van der Waals surface area contributed by atoms with Gasteiger partial charge in [-0.25, -0.2) is 0 Å². The SMILES string of the molecule is O=C1CCC[N-]1.O=C1CCC[N-]1.[Mg+2]. The van der Waals surface area contributed by atoms with E-state index in [-0.39, 0.29) is 34.9 Å². The number of carbonyl (C=O) groups is 2. The van der Waals surface area contributed by atoms with Gasteiger partial charge in [-0.1, -0.05) is 12.8 Å². The second kappa shape index (κ2) is 7.14. The Hall–Kier alpha value is -0.294. The molecule has 0 bridgehead atoms. The first-order valence-electron chi connectivity index (χ1n) is 4.20. The number of carbonyl (C=O) groups excluding carboxylic acids is 2.